The minimum Gasteiger partial charge on any atom is -0.504 e. The largest absolute Gasteiger partial charge is 0.504 e. The molecule has 0 bridgehead atoms. The molecule has 2 heterocycles. The van der Waals surface area contributed by atoms with Gasteiger partial charge in [0, 0.05) is 17.8 Å². The van der Waals surface area contributed by atoms with Gasteiger partial charge in [0.1, 0.15) is 11.6 Å². The summed E-state index contributed by atoms with van der Waals surface area (Å²) in [7, 11) is 0. The van der Waals surface area contributed by atoms with Gasteiger partial charge in [0.2, 0.25) is 5.88 Å². The summed E-state index contributed by atoms with van der Waals surface area (Å²) in [5, 5.41) is 22.1. The van der Waals surface area contributed by atoms with Crippen molar-refractivity contribution in [1.29, 1.82) is 0 Å². The predicted octanol–water partition coefficient (Wildman–Crippen LogP) is 6.14. The van der Waals surface area contributed by atoms with Crippen molar-refractivity contribution < 1.29 is 19.4 Å². The second-order valence-corrected chi connectivity index (χ2v) is 9.00. The average molecular weight is 509 g/mol. The Balaban J connectivity index is 1.74. The molecule has 4 rings (SSSR count). The predicted molar refractivity (Wildman–Crippen MR) is 144 cm³/mol. The number of nitrogens with one attached hydrogen (secondary N) is 1. The van der Waals surface area contributed by atoms with Crippen LogP contribution in [-0.4, -0.2) is 32.4 Å². The first-order valence-electron chi connectivity index (χ1n) is 12.1. The molecule has 1 unspecified atom stereocenters. The monoisotopic (exact) mass is 508 g/mol. The van der Waals surface area contributed by atoms with Crippen LogP contribution in [0.4, 0.5) is 5.82 Å². The molecule has 0 saturated carbocycles. The number of aliphatic hydroxyl groups excluding tert-OH is 1. The number of carbonyl (C=O) groups excluding carboxylic acids is 2. The number of ketones is 1. The number of allylic oxidation sites excluding steroid dienone is 1. The zero-order valence-electron chi connectivity index (χ0n) is 21.3. The van der Waals surface area contributed by atoms with E-state index in [1.54, 1.807) is 66.9 Å². The van der Waals surface area contributed by atoms with E-state index in [0.29, 0.717) is 34.5 Å². The van der Waals surface area contributed by atoms with Gasteiger partial charge < -0.3 is 15.2 Å². The lowest BCUT2D eigenvalue weighted by Crippen LogP contribution is -2.22. The van der Waals surface area contributed by atoms with Crippen LogP contribution in [0.1, 0.15) is 53.0 Å². The van der Waals surface area contributed by atoms with Gasteiger partial charge in [0.25, 0.3) is 0 Å². The number of hydrogen-bond acceptors (Lipinski definition) is 8. The number of Topliss-reactive ketones (excluding diaryl/α,β-unsaturated/α-hetero) is 1. The molecule has 1 atom stereocenters. The Labute approximate surface area is 221 Å². The Kier molecular flexibility index (Phi) is 8.23. The number of benzene rings is 2. The summed E-state index contributed by atoms with van der Waals surface area (Å²) in [5.74, 6) is 0.462. The van der Waals surface area contributed by atoms with E-state index in [1.165, 1.54) is 0 Å². The molecular formula is C30H28N4O4. The highest BCUT2D eigenvalue weighted by Crippen LogP contribution is 2.32. The fraction of sp³-hybridized carbons (Fsp3) is 0.167. The van der Waals surface area contributed by atoms with Crippen LogP contribution in [0.5, 0.6) is 11.6 Å². The molecule has 0 fully saturated rings. The molecule has 8 nitrogen and oxygen atoms in total. The van der Waals surface area contributed by atoms with Crippen molar-refractivity contribution in [2.75, 3.05) is 5.32 Å². The Morgan fingerprint density at radius 2 is 1.63 bits per heavy atom. The Bertz CT molecular complexity index is 1420. The number of pyridine rings is 1. The van der Waals surface area contributed by atoms with Crippen LogP contribution >= 0.6 is 0 Å². The SMILES string of the molecule is Cc1ccc(NC(/C(C(=O)c2ccc(C(C)C)cc2)=C(/O)C=O)c2ccc(Oc3ccccn3)cc2)nn1. The van der Waals surface area contributed by atoms with Crippen LogP contribution in [0.25, 0.3) is 0 Å². The third-order valence-electron chi connectivity index (χ3n) is 5.92. The number of aryl methyl sites for hydroxylation is 1. The molecule has 0 aliphatic carbocycles. The van der Waals surface area contributed by atoms with Crippen LogP contribution < -0.4 is 10.1 Å². The van der Waals surface area contributed by atoms with E-state index in [-0.39, 0.29) is 11.9 Å². The van der Waals surface area contributed by atoms with Crippen molar-refractivity contribution in [3.05, 3.63) is 119 Å². The van der Waals surface area contributed by atoms with Crippen LogP contribution in [0, 0.1) is 6.92 Å². The van der Waals surface area contributed by atoms with Crippen LogP contribution in [0.2, 0.25) is 0 Å². The number of aromatic nitrogens is 3. The summed E-state index contributed by atoms with van der Waals surface area (Å²) in [4.78, 5) is 29.6. The van der Waals surface area contributed by atoms with Gasteiger partial charge in [-0.05, 0) is 54.3 Å². The lowest BCUT2D eigenvalue weighted by molar-refractivity contribution is -0.107. The lowest BCUT2D eigenvalue weighted by Gasteiger charge is -2.23. The Morgan fingerprint density at radius 3 is 2.21 bits per heavy atom. The molecule has 2 aromatic heterocycles. The fourth-order valence-electron chi connectivity index (χ4n) is 3.84. The molecular weight excluding hydrogens is 480 g/mol. The van der Waals surface area contributed by atoms with Crippen LogP contribution in [0.15, 0.2) is 96.4 Å². The molecule has 0 radical (unpaired) electrons. The first-order valence-corrected chi connectivity index (χ1v) is 12.1. The van der Waals surface area contributed by atoms with Crippen molar-refractivity contribution in [1.82, 2.24) is 15.2 Å². The van der Waals surface area contributed by atoms with Gasteiger partial charge in [-0.2, -0.15) is 5.10 Å². The molecule has 0 saturated heterocycles. The van der Waals surface area contributed by atoms with Crippen molar-refractivity contribution in [3.8, 4) is 11.6 Å². The maximum Gasteiger partial charge on any atom is 0.219 e. The highest BCUT2D eigenvalue weighted by molar-refractivity contribution is 6.12. The first kappa shape index (κ1) is 26.2. The topological polar surface area (TPSA) is 114 Å². The van der Waals surface area contributed by atoms with Gasteiger partial charge in [-0.1, -0.05) is 56.3 Å². The van der Waals surface area contributed by atoms with E-state index in [0.717, 1.165) is 11.3 Å². The van der Waals surface area contributed by atoms with Gasteiger partial charge in [-0.25, -0.2) is 4.98 Å². The second-order valence-electron chi connectivity index (χ2n) is 9.00. The lowest BCUT2D eigenvalue weighted by atomic mass is 9.90. The van der Waals surface area contributed by atoms with E-state index in [4.69, 9.17) is 4.74 Å². The van der Waals surface area contributed by atoms with Gasteiger partial charge in [-0.15, -0.1) is 5.10 Å². The summed E-state index contributed by atoms with van der Waals surface area (Å²) >= 11 is 0. The molecule has 2 N–H and O–H groups in total. The van der Waals surface area contributed by atoms with Crippen LogP contribution in [0.3, 0.4) is 0 Å². The van der Waals surface area contributed by atoms with E-state index in [2.05, 4.69) is 34.3 Å². The zero-order valence-corrected chi connectivity index (χ0v) is 21.3. The first-order chi connectivity index (χ1) is 18.4. The van der Waals surface area contributed by atoms with Gasteiger partial charge in [-0.3, -0.25) is 9.59 Å². The van der Waals surface area contributed by atoms with Crippen molar-refractivity contribution >= 4 is 17.9 Å². The van der Waals surface area contributed by atoms with Gasteiger partial charge in [0.05, 0.1) is 17.3 Å². The van der Waals surface area contributed by atoms with Crippen LogP contribution in [-0.2, 0) is 4.79 Å². The minimum absolute atomic E-state index is 0.113. The van der Waals surface area contributed by atoms with Gasteiger partial charge in [0.15, 0.2) is 17.8 Å². The summed E-state index contributed by atoms with van der Waals surface area (Å²) in [6, 6.07) is 22.0. The summed E-state index contributed by atoms with van der Waals surface area (Å²) in [6.45, 7) is 5.93. The molecule has 4 aromatic rings. The molecule has 2 aromatic carbocycles. The third-order valence-corrected chi connectivity index (χ3v) is 5.92. The molecule has 192 valence electrons. The number of hydrogen-bond donors (Lipinski definition) is 2. The number of nitrogens with zero attached hydrogens (tertiary/aromatic N) is 3. The maximum absolute atomic E-state index is 13.7. The van der Waals surface area contributed by atoms with E-state index in [1.807, 2.05) is 25.1 Å². The summed E-state index contributed by atoms with van der Waals surface area (Å²) < 4.78 is 5.78. The number of anilines is 1. The number of aliphatic hydroxyl groups is 1. The fourth-order valence-corrected chi connectivity index (χ4v) is 3.84. The quantitative estimate of drug-likeness (QED) is 0.114. The molecule has 0 aliphatic rings. The number of aldehydes is 1. The van der Waals surface area contributed by atoms with Gasteiger partial charge >= 0.3 is 0 Å². The Morgan fingerprint density at radius 1 is 0.921 bits per heavy atom. The summed E-state index contributed by atoms with van der Waals surface area (Å²) in [6.07, 6.45) is 1.90. The van der Waals surface area contributed by atoms with E-state index in [9.17, 15) is 14.7 Å². The number of ether oxygens (including phenoxy) is 1. The van der Waals surface area contributed by atoms with E-state index < -0.39 is 17.6 Å². The van der Waals surface area contributed by atoms with Crippen molar-refractivity contribution in [2.24, 2.45) is 0 Å². The number of rotatable bonds is 10. The highest BCUT2D eigenvalue weighted by atomic mass is 16.5. The highest BCUT2D eigenvalue weighted by Gasteiger charge is 2.28. The average Bonchev–Trinajstić information content (AvgIpc) is 2.94. The Hall–Kier alpha value is -4.85. The molecule has 0 aliphatic heterocycles. The van der Waals surface area contributed by atoms with Crippen molar-refractivity contribution in [2.45, 2.75) is 32.7 Å². The normalized spacial score (nSPS) is 12.4. The molecule has 38 heavy (non-hydrogen) atoms. The van der Waals surface area contributed by atoms with E-state index >= 15 is 0 Å². The smallest absolute Gasteiger partial charge is 0.219 e. The summed E-state index contributed by atoms with van der Waals surface area (Å²) in [5.41, 5.74) is 2.61. The standard InChI is InChI=1S/C30H28N4O4/c1-19(2)21-8-10-23(11-9-21)30(37)28(25(36)18-35)29(32-26-16-7-20(3)33-34-26)22-12-14-24(15-13-22)38-27-6-4-5-17-31-27/h4-19,29,36H,1-3H3,(H,32,34)/b28-25-. The third kappa shape index (κ3) is 6.28. The maximum atomic E-state index is 13.7. The van der Waals surface area contributed by atoms with Crippen molar-refractivity contribution in [3.63, 3.8) is 0 Å². The number of carbonyl (C=O) groups is 2. The minimum atomic E-state index is -0.918. The molecule has 0 spiro atoms. The zero-order chi connectivity index (χ0) is 27.1. The molecule has 8 heteroatoms. The second kappa shape index (κ2) is 11.9. The molecule has 0 amide bonds.